The average molecular weight is 236 g/mol. The quantitative estimate of drug-likeness (QED) is 0.777. The summed E-state index contributed by atoms with van der Waals surface area (Å²) in [7, 11) is 3.86. The molecule has 0 radical (unpaired) electrons. The highest BCUT2D eigenvalue weighted by Crippen LogP contribution is 2.23. The van der Waals surface area contributed by atoms with Crippen molar-refractivity contribution in [3.63, 3.8) is 0 Å². The number of hydrogen-bond donors (Lipinski definition) is 2. The minimum atomic E-state index is 0.548. The molecule has 1 saturated carbocycles. The second-order valence-electron chi connectivity index (χ2n) is 4.52. The van der Waals surface area contributed by atoms with Gasteiger partial charge < -0.3 is 15.5 Å². The molecule has 0 amide bonds. The Morgan fingerprint density at radius 3 is 2.47 bits per heavy atom. The Labute approximate surface area is 102 Å². The van der Waals surface area contributed by atoms with Gasteiger partial charge in [0, 0.05) is 26.7 Å². The molecule has 1 aromatic heterocycles. The first-order chi connectivity index (χ1) is 8.19. The second kappa shape index (κ2) is 5.16. The molecule has 0 aromatic carbocycles. The van der Waals surface area contributed by atoms with Gasteiger partial charge in [-0.05, 0) is 19.3 Å². The molecule has 1 aromatic rings. The van der Waals surface area contributed by atoms with Crippen molar-refractivity contribution in [2.45, 2.75) is 32.2 Å². The number of nitrogens with zero attached hydrogens (tertiary/aromatic N) is 4. The second-order valence-corrected chi connectivity index (χ2v) is 4.52. The highest BCUT2D eigenvalue weighted by molar-refractivity contribution is 5.43. The molecule has 0 bridgehead atoms. The Morgan fingerprint density at radius 2 is 1.88 bits per heavy atom. The summed E-state index contributed by atoms with van der Waals surface area (Å²) >= 11 is 0. The summed E-state index contributed by atoms with van der Waals surface area (Å²) in [6.07, 6.45) is 3.47. The van der Waals surface area contributed by atoms with Crippen molar-refractivity contribution in [3.05, 3.63) is 0 Å². The maximum atomic E-state index is 4.37. The van der Waals surface area contributed by atoms with Crippen molar-refractivity contribution in [1.82, 2.24) is 15.0 Å². The molecule has 94 valence electrons. The highest BCUT2D eigenvalue weighted by atomic mass is 15.3. The van der Waals surface area contributed by atoms with Crippen LogP contribution in [0.25, 0.3) is 0 Å². The summed E-state index contributed by atoms with van der Waals surface area (Å²) in [4.78, 5) is 15.0. The summed E-state index contributed by atoms with van der Waals surface area (Å²) in [6.45, 7) is 2.99. The molecule has 0 saturated heterocycles. The molecular formula is C11H20N6. The zero-order chi connectivity index (χ0) is 12.3. The first-order valence-electron chi connectivity index (χ1n) is 6.13. The minimum Gasteiger partial charge on any atom is -0.354 e. The summed E-state index contributed by atoms with van der Waals surface area (Å²) in [6, 6.07) is 0.548. The topological polar surface area (TPSA) is 66.0 Å². The Kier molecular flexibility index (Phi) is 3.61. The molecule has 2 N–H and O–H groups in total. The van der Waals surface area contributed by atoms with Crippen LogP contribution in [0.5, 0.6) is 0 Å². The van der Waals surface area contributed by atoms with Crippen LogP contribution < -0.4 is 15.5 Å². The molecule has 0 spiro atoms. The number of aromatic nitrogens is 3. The summed E-state index contributed by atoms with van der Waals surface area (Å²) in [5.74, 6) is 2.00. The van der Waals surface area contributed by atoms with E-state index in [1.54, 1.807) is 0 Å². The molecule has 0 aliphatic heterocycles. The van der Waals surface area contributed by atoms with Gasteiger partial charge in [-0.2, -0.15) is 15.0 Å². The fraction of sp³-hybridized carbons (Fsp3) is 0.727. The Balaban J connectivity index is 2.14. The van der Waals surface area contributed by atoms with E-state index in [0.29, 0.717) is 23.9 Å². The monoisotopic (exact) mass is 236 g/mol. The summed E-state index contributed by atoms with van der Waals surface area (Å²) in [5, 5.41) is 6.49. The first-order valence-corrected chi connectivity index (χ1v) is 6.13. The average Bonchev–Trinajstić information content (AvgIpc) is 3.10. The van der Waals surface area contributed by atoms with E-state index in [4.69, 9.17) is 0 Å². The van der Waals surface area contributed by atoms with Crippen LogP contribution in [0.3, 0.4) is 0 Å². The molecule has 1 fully saturated rings. The molecule has 1 aliphatic rings. The normalized spacial score (nSPS) is 14.5. The van der Waals surface area contributed by atoms with E-state index in [1.165, 1.54) is 12.8 Å². The fourth-order valence-electron chi connectivity index (χ4n) is 1.36. The largest absolute Gasteiger partial charge is 0.354 e. The van der Waals surface area contributed by atoms with E-state index >= 15 is 0 Å². The summed E-state index contributed by atoms with van der Waals surface area (Å²) in [5.41, 5.74) is 0. The van der Waals surface area contributed by atoms with Gasteiger partial charge in [0.05, 0.1) is 0 Å². The van der Waals surface area contributed by atoms with E-state index in [1.807, 2.05) is 19.0 Å². The maximum Gasteiger partial charge on any atom is 0.231 e. The van der Waals surface area contributed by atoms with Crippen LogP contribution in [0.2, 0.25) is 0 Å². The third kappa shape index (κ3) is 3.44. The number of hydrogen-bond acceptors (Lipinski definition) is 6. The maximum absolute atomic E-state index is 4.37. The number of anilines is 3. The molecule has 6 heteroatoms. The van der Waals surface area contributed by atoms with Crippen molar-refractivity contribution in [2.75, 3.05) is 36.2 Å². The van der Waals surface area contributed by atoms with Crippen LogP contribution in [0.4, 0.5) is 17.8 Å². The third-order valence-electron chi connectivity index (χ3n) is 2.47. The van der Waals surface area contributed by atoms with Gasteiger partial charge in [-0.3, -0.25) is 0 Å². The Morgan fingerprint density at radius 1 is 1.18 bits per heavy atom. The van der Waals surface area contributed by atoms with Crippen molar-refractivity contribution >= 4 is 17.8 Å². The van der Waals surface area contributed by atoms with Crippen molar-refractivity contribution < 1.29 is 0 Å². The van der Waals surface area contributed by atoms with E-state index < -0.39 is 0 Å². The lowest BCUT2D eigenvalue weighted by Crippen LogP contribution is -2.17. The van der Waals surface area contributed by atoms with Crippen molar-refractivity contribution in [3.8, 4) is 0 Å². The van der Waals surface area contributed by atoms with Crippen molar-refractivity contribution in [2.24, 2.45) is 0 Å². The molecule has 1 heterocycles. The van der Waals surface area contributed by atoms with Gasteiger partial charge in [0.25, 0.3) is 0 Å². The van der Waals surface area contributed by atoms with Crippen LogP contribution in [0.1, 0.15) is 26.2 Å². The van der Waals surface area contributed by atoms with E-state index in [-0.39, 0.29) is 0 Å². The van der Waals surface area contributed by atoms with Gasteiger partial charge in [0.1, 0.15) is 0 Å². The molecule has 1 aliphatic carbocycles. The number of rotatable bonds is 6. The Hall–Kier alpha value is -1.59. The van der Waals surface area contributed by atoms with E-state index in [0.717, 1.165) is 13.0 Å². The van der Waals surface area contributed by atoms with Crippen molar-refractivity contribution in [1.29, 1.82) is 0 Å². The SMILES string of the molecule is CCCNc1nc(NC2CC2)nc(N(C)C)n1. The number of nitrogens with one attached hydrogen (secondary N) is 2. The van der Waals surface area contributed by atoms with Gasteiger partial charge in [0.2, 0.25) is 17.8 Å². The van der Waals surface area contributed by atoms with Crippen LogP contribution in [0.15, 0.2) is 0 Å². The van der Waals surface area contributed by atoms with E-state index in [2.05, 4.69) is 32.5 Å². The fourth-order valence-corrected chi connectivity index (χ4v) is 1.36. The third-order valence-corrected chi connectivity index (χ3v) is 2.47. The lowest BCUT2D eigenvalue weighted by Gasteiger charge is -2.13. The lowest BCUT2D eigenvalue weighted by molar-refractivity contribution is 0.910. The van der Waals surface area contributed by atoms with E-state index in [9.17, 15) is 0 Å². The summed E-state index contributed by atoms with van der Waals surface area (Å²) < 4.78 is 0. The smallest absolute Gasteiger partial charge is 0.231 e. The molecule has 6 nitrogen and oxygen atoms in total. The van der Waals surface area contributed by atoms with Gasteiger partial charge in [-0.25, -0.2) is 0 Å². The molecule has 0 unspecified atom stereocenters. The van der Waals surface area contributed by atoms with Crippen LogP contribution in [-0.4, -0.2) is 41.6 Å². The van der Waals surface area contributed by atoms with Gasteiger partial charge in [-0.1, -0.05) is 6.92 Å². The van der Waals surface area contributed by atoms with Crippen LogP contribution in [0, 0.1) is 0 Å². The zero-order valence-corrected chi connectivity index (χ0v) is 10.7. The molecule has 0 atom stereocenters. The molecule has 2 rings (SSSR count). The first kappa shape index (κ1) is 11.9. The molecular weight excluding hydrogens is 216 g/mol. The minimum absolute atomic E-state index is 0.548. The standard InChI is InChI=1S/C11H20N6/c1-4-7-12-9-14-10(13-8-5-6-8)16-11(15-9)17(2)3/h8H,4-7H2,1-3H3,(H2,12,13,14,15,16). The predicted molar refractivity (Wildman–Crippen MR) is 69.6 cm³/mol. The van der Waals surface area contributed by atoms with Gasteiger partial charge in [-0.15, -0.1) is 0 Å². The van der Waals surface area contributed by atoms with Crippen LogP contribution >= 0.6 is 0 Å². The molecule has 17 heavy (non-hydrogen) atoms. The van der Waals surface area contributed by atoms with Crippen LogP contribution in [-0.2, 0) is 0 Å². The zero-order valence-electron chi connectivity index (χ0n) is 10.7. The predicted octanol–water partition coefficient (Wildman–Crippen LogP) is 1.33. The Bertz CT molecular complexity index is 374. The van der Waals surface area contributed by atoms with Gasteiger partial charge >= 0.3 is 0 Å². The van der Waals surface area contributed by atoms with Gasteiger partial charge in [0.15, 0.2) is 0 Å². The highest BCUT2D eigenvalue weighted by Gasteiger charge is 2.22. The lowest BCUT2D eigenvalue weighted by atomic mass is 10.5.